The topological polar surface area (TPSA) is 15.3 Å². The van der Waals surface area contributed by atoms with E-state index in [1.54, 1.807) is 11.3 Å². The van der Waals surface area contributed by atoms with Crippen LogP contribution in [0.3, 0.4) is 0 Å². The minimum atomic E-state index is 0.378. The lowest BCUT2D eigenvalue weighted by Gasteiger charge is -2.22. The molecule has 1 aromatic heterocycles. The molecular weight excluding hydrogens is 240 g/mol. The first-order valence-electron chi connectivity index (χ1n) is 6.21. The van der Waals surface area contributed by atoms with Crippen LogP contribution in [-0.2, 0) is 6.54 Å². The van der Waals surface area contributed by atoms with Crippen molar-refractivity contribution in [2.75, 3.05) is 20.6 Å². The van der Waals surface area contributed by atoms with Gasteiger partial charge in [-0.05, 0) is 31.1 Å². The van der Waals surface area contributed by atoms with Gasteiger partial charge in [-0.1, -0.05) is 36.4 Å². The second-order valence-electron chi connectivity index (χ2n) is 4.69. The smallest absolute Gasteiger partial charge is 0.0451 e. The SMILES string of the molecule is CN(C)CC(NCc1cccs1)c1ccccc1. The van der Waals surface area contributed by atoms with Gasteiger partial charge in [-0.3, -0.25) is 0 Å². The van der Waals surface area contributed by atoms with Crippen LogP contribution < -0.4 is 5.32 Å². The first-order valence-corrected chi connectivity index (χ1v) is 7.09. The van der Waals surface area contributed by atoms with Gasteiger partial charge in [0.15, 0.2) is 0 Å². The molecule has 0 fully saturated rings. The number of likely N-dealkylation sites (N-methyl/N-ethyl adjacent to an activating group) is 1. The summed E-state index contributed by atoms with van der Waals surface area (Å²) in [7, 11) is 4.23. The van der Waals surface area contributed by atoms with Crippen molar-refractivity contribution in [1.29, 1.82) is 0 Å². The lowest BCUT2D eigenvalue weighted by molar-refractivity contribution is 0.341. The van der Waals surface area contributed by atoms with Crippen LogP contribution >= 0.6 is 11.3 Å². The van der Waals surface area contributed by atoms with Gasteiger partial charge in [0.05, 0.1) is 0 Å². The zero-order valence-corrected chi connectivity index (χ0v) is 11.8. The van der Waals surface area contributed by atoms with Gasteiger partial charge < -0.3 is 10.2 Å². The predicted octanol–water partition coefficient (Wildman–Crippen LogP) is 3.14. The molecular formula is C15H20N2S. The summed E-state index contributed by atoms with van der Waals surface area (Å²) < 4.78 is 0. The number of benzene rings is 1. The van der Waals surface area contributed by atoms with Crippen molar-refractivity contribution >= 4 is 11.3 Å². The largest absolute Gasteiger partial charge is 0.308 e. The van der Waals surface area contributed by atoms with Crippen LogP contribution in [0.5, 0.6) is 0 Å². The number of hydrogen-bond acceptors (Lipinski definition) is 3. The van der Waals surface area contributed by atoms with Crippen molar-refractivity contribution in [3.05, 3.63) is 58.3 Å². The van der Waals surface area contributed by atoms with Gasteiger partial charge in [-0.25, -0.2) is 0 Å². The van der Waals surface area contributed by atoms with Gasteiger partial charge in [0.2, 0.25) is 0 Å². The van der Waals surface area contributed by atoms with Crippen molar-refractivity contribution in [2.24, 2.45) is 0 Å². The van der Waals surface area contributed by atoms with Crippen LogP contribution in [0.2, 0.25) is 0 Å². The Morgan fingerprint density at radius 1 is 1.11 bits per heavy atom. The molecule has 1 atom stereocenters. The molecule has 1 N–H and O–H groups in total. The second-order valence-corrected chi connectivity index (χ2v) is 5.72. The zero-order valence-electron chi connectivity index (χ0n) is 11.0. The van der Waals surface area contributed by atoms with Crippen LogP contribution in [0, 0.1) is 0 Å². The Morgan fingerprint density at radius 3 is 2.50 bits per heavy atom. The van der Waals surface area contributed by atoms with Crippen molar-refractivity contribution in [2.45, 2.75) is 12.6 Å². The molecule has 0 saturated carbocycles. The molecule has 2 aromatic rings. The van der Waals surface area contributed by atoms with Crippen molar-refractivity contribution in [3.63, 3.8) is 0 Å². The van der Waals surface area contributed by atoms with Gasteiger partial charge in [-0.2, -0.15) is 0 Å². The van der Waals surface area contributed by atoms with Crippen LogP contribution in [0.1, 0.15) is 16.5 Å². The van der Waals surface area contributed by atoms with Crippen LogP contribution in [0.15, 0.2) is 47.8 Å². The Kier molecular flexibility index (Phi) is 4.93. The number of nitrogens with one attached hydrogen (secondary N) is 1. The van der Waals surface area contributed by atoms with Gasteiger partial charge in [0.1, 0.15) is 0 Å². The predicted molar refractivity (Wildman–Crippen MR) is 78.9 cm³/mol. The zero-order chi connectivity index (χ0) is 12.8. The van der Waals surface area contributed by atoms with Crippen LogP contribution in [-0.4, -0.2) is 25.5 Å². The highest BCUT2D eigenvalue weighted by Crippen LogP contribution is 2.15. The first kappa shape index (κ1) is 13.3. The molecule has 96 valence electrons. The van der Waals surface area contributed by atoms with Gasteiger partial charge in [0, 0.05) is 24.0 Å². The summed E-state index contributed by atoms with van der Waals surface area (Å²) in [6.45, 7) is 1.94. The molecule has 0 radical (unpaired) electrons. The van der Waals surface area contributed by atoms with E-state index in [9.17, 15) is 0 Å². The molecule has 0 aliphatic rings. The minimum absolute atomic E-state index is 0.378. The Morgan fingerprint density at radius 2 is 1.89 bits per heavy atom. The van der Waals surface area contributed by atoms with Gasteiger partial charge in [0.25, 0.3) is 0 Å². The Bertz CT molecular complexity index is 437. The third-order valence-corrected chi connectivity index (χ3v) is 3.73. The number of thiophene rings is 1. The Balaban J connectivity index is 2.01. The summed E-state index contributed by atoms with van der Waals surface area (Å²) in [5.41, 5.74) is 1.35. The molecule has 1 heterocycles. The molecule has 0 aliphatic heterocycles. The number of rotatable bonds is 6. The average molecular weight is 260 g/mol. The monoisotopic (exact) mass is 260 g/mol. The molecule has 0 amide bonds. The van der Waals surface area contributed by atoms with Gasteiger partial charge >= 0.3 is 0 Å². The lowest BCUT2D eigenvalue weighted by Crippen LogP contribution is -2.30. The second kappa shape index (κ2) is 6.69. The van der Waals surface area contributed by atoms with Crippen molar-refractivity contribution in [3.8, 4) is 0 Å². The fraction of sp³-hybridized carbons (Fsp3) is 0.333. The standard InChI is InChI=1S/C15H20N2S/c1-17(2)12-15(13-7-4-3-5-8-13)16-11-14-9-6-10-18-14/h3-10,15-16H,11-12H2,1-2H3. The number of nitrogens with zero attached hydrogens (tertiary/aromatic N) is 1. The van der Waals surface area contributed by atoms with E-state index in [0.717, 1.165) is 13.1 Å². The van der Waals surface area contributed by atoms with E-state index in [2.05, 4.69) is 72.2 Å². The normalized spacial score (nSPS) is 12.8. The fourth-order valence-corrected chi connectivity index (χ4v) is 2.63. The minimum Gasteiger partial charge on any atom is -0.308 e. The van der Waals surface area contributed by atoms with Crippen molar-refractivity contribution < 1.29 is 0 Å². The summed E-state index contributed by atoms with van der Waals surface area (Å²) in [6.07, 6.45) is 0. The third-order valence-electron chi connectivity index (χ3n) is 2.85. The molecule has 18 heavy (non-hydrogen) atoms. The summed E-state index contributed by atoms with van der Waals surface area (Å²) >= 11 is 1.80. The molecule has 2 nitrogen and oxygen atoms in total. The molecule has 0 spiro atoms. The van der Waals surface area contributed by atoms with E-state index >= 15 is 0 Å². The highest BCUT2D eigenvalue weighted by Gasteiger charge is 2.11. The highest BCUT2D eigenvalue weighted by molar-refractivity contribution is 7.09. The summed E-state index contributed by atoms with van der Waals surface area (Å²) in [5, 5.41) is 5.76. The maximum Gasteiger partial charge on any atom is 0.0451 e. The summed E-state index contributed by atoms with van der Waals surface area (Å²) in [6, 6.07) is 15.3. The Labute approximate surface area is 113 Å². The van der Waals surface area contributed by atoms with Crippen LogP contribution in [0.25, 0.3) is 0 Å². The Hall–Kier alpha value is -1.16. The van der Waals surface area contributed by atoms with Gasteiger partial charge in [-0.15, -0.1) is 11.3 Å². The molecule has 3 heteroatoms. The lowest BCUT2D eigenvalue weighted by atomic mass is 10.1. The summed E-state index contributed by atoms with van der Waals surface area (Å²) in [4.78, 5) is 3.61. The van der Waals surface area contributed by atoms with Crippen LogP contribution in [0.4, 0.5) is 0 Å². The number of hydrogen-bond donors (Lipinski definition) is 1. The highest BCUT2D eigenvalue weighted by atomic mass is 32.1. The third kappa shape index (κ3) is 3.95. The summed E-state index contributed by atoms with van der Waals surface area (Å²) in [5.74, 6) is 0. The first-order chi connectivity index (χ1) is 8.75. The van der Waals surface area contributed by atoms with E-state index in [1.165, 1.54) is 10.4 Å². The molecule has 0 saturated heterocycles. The maximum absolute atomic E-state index is 3.64. The fourth-order valence-electron chi connectivity index (χ4n) is 1.98. The van der Waals surface area contributed by atoms with Crippen molar-refractivity contribution in [1.82, 2.24) is 10.2 Å². The average Bonchev–Trinajstić information content (AvgIpc) is 2.88. The molecule has 1 unspecified atom stereocenters. The van der Waals surface area contributed by atoms with E-state index < -0.39 is 0 Å². The maximum atomic E-state index is 3.64. The molecule has 1 aromatic carbocycles. The van der Waals surface area contributed by atoms with E-state index in [0.29, 0.717) is 6.04 Å². The molecule has 2 rings (SSSR count). The van der Waals surface area contributed by atoms with E-state index in [1.807, 2.05) is 0 Å². The molecule has 0 aliphatic carbocycles. The molecule has 0 bridgehead atoms. The quantitative estimate of drug-likeness (QED) is 0.858. The van der Waals surface area contributed by atoms with E-state index in [-0.39, 0.29) is 0 Å². The van der Waals surface area contributed by atoms with E-state index in [4.69, 9.17) is 0 Å².